The first-order valence-electron chi connectivity index (χ1n) is 4.76. The molecule has 1 aromatic heterocycles. The van der Waals surface area contributed by atoms with E-state index in [2.05, 4.69) is 5.10 Å². The van der Waals surface area contributed by atoms with E-state index in [1.165, 1.54) is 18.7 Å². The molecule has 0 saturated carbocycles. The van der Waals surface area contributed by atoms with Gasteiger partial charge in [-0.2, -0.15) is 5.10 Å². The molecular formula is C10H17N3O2. The molecule has 0 atom stereocenters. The molecule has 0 aliphatic heterocycles. The number of nitrogens with zero attached hydrogens (tertiary/aromatic N) is 3. The predicted molar refractivity (Wildman–Crippen MR) is 56.0 cm³/mol. The van der Waals surface area contributed by atoms with Crippen LogP contribution in [0, 0.1) is 0 Å². The first-order valence-corrected chi connectivity index (χ1v) is 4.76. The van der Waals surface area contributed by atoms with Gasteiger partial charge >= 0.3 is 0 Å². The van der Waals surface area contributed by atoms with Gasteiger partial charge in [0, 0.05) is 32.4 Å². The third-order valence-corrected chi connectivity index (χ3v) is 2.05. The Labute approximate surface area is 89.3 Å². The van der Waals surface area contributed by atoms with Crippen molar-refractivity contribution in [2.45, 2.75) is 26.0 Å². The van der Waals surface area contributed by atoms with Crippen molar-refractivity contribution < 1.29 is 9.90 Å². The highest BCUT2D eigenvalue weighted by atomic mass is 16.3. The van der Waals surface area contributed by atoms with E-state index in [-0.39, 0.29) is 5.91 Å². The molecule has 84 valence electrons. The second kappa shape index (κ2) is 4.02. The molecule has 0 saturated heterocycles. The normalized spacial score (nSPS) is 11.5. The summed E-state index contributed by atoms with van der Waals surface area (Å²) < 4.78 is 1.68. The Morgan fingerprint density at radius 1 is 1.67 bits per heavy atom. The fraction of sp³-hybridized carbons (Fsp3) is 0.600. The van der Waals surface area contributed by atoms with Gasteiger partial charge in [0.1, 0.15) is 5.60 Å². The number of aliphatic hydroxyl groups is 1. The molecular weight excluding hydrogens is 194 g/mol. The third-order valence-electron chi connectivity index (χ3n) is 2.05. The van der Waals surface area contributed by atoms with Gasteiger partial charge in [0.25, 0.3) is 5.91 Å². The van der Waals surface area contributed by atoms with E-state index in [9.17, 15) is 9.90 Å². The molecule has 0 bridgehead atoms. The standard InChI is InChI=1S/C10H17N3O2/c1-10(2,15)9(14)12(3)6-8-5-11-13(4)7-8/h5,7,15H,6H2,1-4H3. The van der Waals surface area contributed by atoms with E-state index in [4.69, 9.17) is 0 Å². The molecule has 0 aromatic carbocycles. The zero-order chi connectivity index (χ0) is 11.6. The van der Waals surface area contributed by atoms with Crippen molar-refractivity contribution in [1.29, 1.82) is 0 Å². The fourth-order valence-corrected chi connectivity index (χ4v) is 1.37. The van der Waals surface area contributed by atoms with Crippen molar-refractivity contribution in [3.05, 3.63) is 18.0 Å². The van der Waals surface area contributed by atoms with Gasteiger partial charge in [-0.05, 0) is 13.8 Å². The van der Waals surface area contributed by atoms with Crippen LogP contribution in [-0.4, -0.2) is 38.3 Å². The summed E-state index contributed by atoms with van der Waals surface area (Å²) >= 11 is 0. The van der Waals surface area contributed by atoms with Gasteiger partial charge in [-0.1, -0.05) is 0 Å². The van der Waals surface area contributed by atoms with E-state index >= 15 is 0 Å². The number of aromatic nitrogens is 2. The lowest BCUT2D eigenvalue weighted by molar-refractivity contribution is -0.146. The molecule has 0 radical (unpaired) electrons. The van der Waals surface area contributed by atoms with Crippen molar-refractivity contribution in [1.82, 2.24) is 14.7 Å². The van der Waals surface area contributed by atoms with Crippen molar-refractivity contribution in [3.63, 3.8) is 0 Å². The van der Waals surface area contributed by atoms with Crippen molar-refractivity contribution >= 4 is 5.91 Å². The summed E-state index contributed by atoms with van der Waals surface area (Å²) in [6.45, 7) is 3.42. The molecule has 1 N–H and O–H groups in total. The SMILES string of the molecule is CN(Cc1cnn(C)c1)C(=O)C(C)(C)O. The number of hydrogen-bond donors (Lipinski definition) is 1. The van der Waals surface area contributed by atoms with Crippen LogP contribution in [0.4, 0.5) is 0 Å². The van der Waals surface area contributed by atoms with Crippen LogP contribution in [0.3, 0.4) is 0 Å². The number of carbonyl (C=O) groups excluding carboxylic acids is 1. The first kappa shape index (κ1) is 11.7. The van der Waals surface area contributed by atoms with Gasteiger partial charge in [-0.15, -0.1) is 0 Å². The van der Waals surface area contributed by atoms with Crippen LogP contribution in [0.2, 0.25) is 0 Å². The molecule has 0 aliphatic carbocycles. The maximum absolute atomic E-state index is 11.6. The minimum atomic E-state index is -1.32. The van der Waals surface area contributed by atoms with Gasteiger partial charge in [-0.25, -0.2) is 0 Å². The van der Waals surface area contributed by atoms with Crippen molar-refractivity contribution in [2.75, 3.05) is 7.05 Å². The second-order valence-corrected chi connectivity index (χ2v) is 4.24. The van der Waals surface area contributed by atoms with Gasteiger partial charge in [0.05, 0.1) is 6.20 Å². The van der Waals surface area contributed by atoms with E-state index in [0.717, 1.165) is 5.56 Å². The van der Waals surface area contributed by atoms with Crippen LogP contribution in [0.5, 0.6) is 0 Å². The zero-order valence-corrected chi connectivity index (χ0v) is 9.56. The average Bonchev–Trinajstić information content (AvgIpc) is 2.48. The Bertz CT molecular complexity index is 352. The van der Waals surface area contributed by atoms with Crippen LogP contribution in [0.25, 0.3) is 0 Å². The van der Waals surface area contributed by atoms with Gasteiger partial charge in [-0.3, -0.25) is 9.48 Å². The highest BCUT2D eigenvalue weighted by Crippen LogP contribution is 2.09. The zero-order valence-electron chi connectivity index (χ0n) is 9.56. The van der Waals surface area contributed by atoms with Gasteiger partial charge in [0.15, 0.2) is 0 Å². The maximum atomic E-state index is 11.6. The summed E-state index contributed by atoms with van der Waals surface area (Å²) in [5.74, 6) is -0.300. The first-order chi connectivity index (χ1) is 6.80. The van der Waals surface area contributed by atoms with Crippen molar-refractivity contribution in [2.24, 2.45) is 7.05 Å². The minimum absolute atomic E-state index is 0.300. The molecule has 0 aliphatic rings. The van der Waals surface area contributed by atoms with E-state index in [0.29, 0.717) is 6.54 Å². The summed E-state index contributed by atoms with van der Waals surface area (Å²) in [6, 6.07) is 0. The number of amides is 1. The molecule has 1 amide bonds. The average molecular weight is 211 g/mol. The molecule has 1 heterocycles. The maximum Gasteiger partial charge on any atom is 0.253 e. The Kier molecular flexibility index (Phi) is 3.14. The Morgan fingerprint density at radius 3 is 2.67 bits per heavy atom. The summed E-state index contributed by atoms with van der Waals surface area (Å²) in [6.07, 6.45) is 3.54. The van der Waals surface area contributed by atoms with Crippen LogP contribution in [-0.2, 0) is 18.4 Å². The van der Waals surface area contributed by atoms with E-state index < -0.39 is 5.60 Å². The Balaban J connectivity index is 2.64. The predicted octanol–water partition coefficient (Wildman–Crippen LogP) is 0.149. The number of carbonyl (C=O) groups is 1. The molecule has 15 heavy (non-hydrogen) atoms. The Morgan fingerprint density at radius 2 is 2.27 bits per heavy atom. The largest absolute Gasteiger partial charge is 0.381 e. The van der Waals surface area contributed by atoms with Crippen LogP contribution < -0.4 is 0 Å². The number of rotatable bonds is 3. The summed E-state index contributed by atoms with van der Waals surface area (Å²) in [7, 11) is 3.48. The summed E-state index contributed by atoms with van der Waals surface area (Å²) in [5, 5.41) is 13.5. The lowest BCUT2D eigenvalue weighted by Gasteiger charge is -2.24. The lowest BCUT2D eigenvalue weighted by Crippen LogP contribution is -2.42. The van der Waals surface area contributed by atoms with Crippen LogP contribution in [0.1, 0.15) is 19.4 Å². The molecule has 1 aromatic rings. The minimum Gasteiger partial charge on any atom is -0.381 e. The second-order valence-electron chi connectivity index (χ2n) is 4.24. The quantitative estimate of drug-likeness (QED) is 0.774. The molecule has 5 nitrogen and oxygen atoms in total. The summed E-state index contributed by atoms with van der Waals surface area (Å²) in [5.41, 5.74) is -0.380. The highest BCUT2D eigenvalue weighted by Gasteiger charge is 2.27. The van der Waals surface area contributed by atoms with Gasteiger partial charge < -0.3 is 10.0 Å². The Hall–Kier alpha value is -1.36. The lowest BCUT2D eigenvalue weighted by atomic mass is 10.1. The number of likely N-dealkylation sites (N-methyl/N-ethyl adjacent to an activating group) is 1. The third kappa shape index (κ3) is 3.06. The fourth-order valence-electron chi connectivity index (χ4n) is 1.37. The van der Waals surface area contributed by atoms with E-state index in [1.54, 1.807) is 17.9 Å². The van der Waals surface area contributed by atoms with Crippen molar-refractivity contribution in [3.8, 4) is 0 Å². The summed E-state index contributed by atoms with van der Waals surface area (Å²) in [4.78, 5) is 13.1. The van der Waals surface area contributed by atoms with E-state index in [1.807, 2.05) is 13.2 Å². The van der Waals surface area contributed by atoms with Gasteiger partial charge in [0.2, 0.25) is 0 Å². The molecule has 0 unspecified atom stereocenters. The van der Waals surface area contributed by atoms with Crippen LogP contribution in [0.15, 0.2) is 12.4 Å². The molecule has 0 spiro atoms. The smallest absolute Gasteiger partial charge is 0.253 e. The topological polar surface area (TPSA) is 58.4 Å². The molecule has 0 fully saturated rings. The molecule has 1 rings (SSSR count). The molecule has 5 heteroatoms. The monoisotopic (exact) mass is 211 g/mol. The number of aryl methyl sites for hydroxylation is 1. The highest BCUT2D eigenvalue weighted by molar-refractivity contribution is 5.83. The number of hydrogen-bond acceptors (Lipinski definition) is 3. The van der Waals surface area contributed by atoms with Crippen LogP contribution >= 0.6 is 0 Å².